The maximum absolute atomic E-state index is 12.1. The van der Waals surface area contributed by atoms with Crippen LogP contribution in [0.25, 0.3) is 0 Å². The molecule has 0 aromatic rings. The van der Waals surface area contributed by atoms with E-state index in [9.17, 15) is 9.90 Å². The first-order chi connectivity index (χ1) is 8.57. The lowest BCUT2D eigenvalue weighted by Crippen LogP contribution is -2.45. The van der Waals surface area contributed by atoms with Gasteiger partial charge < -0.3 is 15.3 Å². The number of hydrogen-bond acceptors (Lipinski definition) is 3. The van der Waals surface area contributed by atoms with Crippen LogP contribution in [0.1, 0.15) is 45.4 Å². The molecule has 0 aliphatic carbocycles. The predicted octanol–water partition coefficient (Wildman–Crippen LogP) is 1.14. The molecular formula is C14H26N2O2. The third-order valence-electron chi connectivity index (χ3n) is 4.36. The number of nitrogens with zero attached hydrogens (tertiary/aromatic N) is 1. The maximum atomic E-state index is 12.1. The van der Waals surface area contributed by atoms with Gasteiger partial charge in [-0.3, -0.25) is 4.79 Å². The van der Waals surface area contributed by atoms with Crippen LogP contribution in [0.5, 0.6) is 0 Å². The van der Waals surface area contributed by atoms with Crippen molar-refractivity contribution in [2.75, 3.05) is 26.2 Å². The third kappa shape index (κ3) is 3.95. The van der Waals surface area contributed by atoms with E-state index in [1.165, 1.54) is 12.8 Å². The van der Waals surface area contributed by atoms with Crippen molar-refractivity contribution in [1.82, 2.24) is 10.2 Å². The van der Waals surface area contributed by atoms with Gasteiger partial charge in [0.2, 0.25) is 5.91 Å². The molecule has 0 aromatic heterocycles. The Labute approximate surface area is 110 Å². The van der Waals surface area contributed by atoms with Gasteiger partial charge >= 0.3 is 0 Å². The van der Waals surface area contributed by atoms with Gasteiger partial charge in [0.05, 0.1) is 5.60 Å². The van der Waals surface area contributed by atoms with Gasteiger partial charge in [-0.1, -0.05) is 0 Å². The van der Waals surface area contributed by atoms with Crippen molar-refractivity contribution in [3.63, 3.8) is 0 Å². The minimum absolute atomic E-state index is 0.274. The van der Waals surface area contributed by atoms with Crippen molar-refractivity contribution in [1.29, 1.82) is 0 Å². The van der Waals surface area contributed by atoms with E-state index >= 15 is 0 Å². The maximum Gasteiger partial charge on any atom is 0.222 e. The summed E-state index contributed by atoms with van der Waals surface area (Å²) in [5.41, 5.74) is -0.565. The fraction of sp³-hybridized carbons (Fsp3) is 0.929. The SMILES string of the molecule is CC1(O)CCN(C(=O)CCC2CCCNC2)CC1. The molecule has 2 fully saturated rings. The fourth-order valence-electron chi connectivity index (χ4n) is 2.89. The number of hydrogen-bond donors (Lipinski definition) is 2. The van der Waals surface area contributed by atoms with Gasteiger partial charge in [-0.15, -0.1) is 0 Å². The number of aliphatic hydroxyl groups is 1. The Morgan fingerprint density at radius 1 is 1.44 bits per heavy atom. The largest absolute Gasteiger partial charge is 0.390 e. The second-order valence-corrected chi connectivity index (χ2v) is 6.13. The first-order valence-electron chi connectivity index (χ1n) is 7.28. The van der Waals surface area contributed by atoms with Gasteiger partial charge in [0.1, 0.15) is 0 Å². The van der Waals surface area contributed by atoms with Crippen LogP contribution in [0, 0.1) is 5.92 Å². The second-order valence-electron chi connectivity index (χ2n) is 6.13. The molecule has 18 heavy (non-hydrogen) atoms. The highest BCUT2D eigenvalue weighted by molar-refractivity contribution is 5.76. The van der Waals surface area contributed by atoms with Gasteiger partial charge in [0.15, 0.2) is 0 Å². The molecule has 2 N–H and O–H groups in total. The summed E-state index contributed by atoms with van der Waals surface area (Å²) in [6, 6.07) is 0. The summed E-state index contributed by atoms with van der Waals surface area (Å²) in [6.45, 7) is 5.50. The normalized spacial score (nSPS) is 28.1. The van der Waals surface area contributed by atoms with E-state index in [0.29, 0.717) is 25.2 Å². The van der Waals surface area contributed by atoms with Crippen molar-refractivity contribution in [3.8, 4) is 0 Å². The highest BCUT2D eigenvalue weighted by Gasteiger charge is 2.29. The Hall–Kier alpha value is -0.610. The quantitative estimate of drug-likeness (QED) is 0.794. The van der Waals surface area contributed by atoms with Crippen molar-refractivity contribution in [2.45, 2.75) is 51.0 Å². The van der Waals surface area contributed by atoms with Gasteiger partial charge in [0.25, 0.3) is 0 Å². The molecule has 2 aliphatic rings. The molecule has 2 heterocycles. The topological polar surface area (TPSA) is 52.6 Å². The molecule has 0 radical (unpaired) electrons. The highest BCUT2D eigenvalue weighted by atomic mass is 16.3. The summed E-state index contributed by atoms with van der Waals surface area (Å²) < 4.78 is 0. The summed E-state index contributed by atoms with van der Waals surface area (Å²) >= 11 is 0. The Balaban J connectivity index is 1.68. The number of amides is 1. The number of likely N-dealkylation sites (tertiary alicyclic amines) is 1. The zero-order valence-electron chi connectivity index (χ0n) is 11.5. The molecule has 0 saturated carbocycles. The Kier molecular flexibility index (Phi) is 4.62. The Morgan fingerprint density at radius 2 is 2.17 bits per heavy atom. The number of carbonyl (C=O) groups excluding carboxylic acids is 1. The molecule has 4 nitrogen and oxygen atoms in total. The van der Waals surface area contributed by atoms with Gasteiger partial charge in [0, 0.05) is 19.5 Å². The lowest BCUT2D eigenvalue weighted by Gasteiger charge is -2.36. The predicted molar refractivity (Wildman–Crippen MR) is 71.3 cm³/mol. The smallest absolute Gasteiger partial charge is 0.222 e. The molecule has 0 bridgehead atoms. The monoisotopic (exact) mass is 254 g/mol. The average molecular weight is 254 g/mol. The minimum Gasteiger partial charge on any atom is -0.390 e. The lowest BCUT2D eigenvalue weighted by molar-refractivity contribution is -0.135. The van der Waals surface area contributed by atoms with E-state index in [1.807, 2.05) is 11.8 Å². The molecule has 2 rings (SSSR count). The molecule has 1 amide bonds. The summed E-state index contributed by atoms with van der Waals surface area (Å²) in [4.78, 5) is 14.0. The molecule has 0 spiro atoms. The molecule has 2 saturated heterocycles. The van der Waals surface area contributed by atoms with Gasteiger partial charge in [-0.25, -0.2) is 0 Å². The summed E-state index contributed by atoms with van der Waals surface area (Å²) in [7, 11) is 0. The van der Waals surface area contributed by atoms with Crippen molar-refractivity contribution >= 4 is 5.91 Å². The van der Waals surface area contributed by atoms with Crippen molar-refractivity contribution < 1.29 is 9.90 Å². The van der Waals surface area contributed by atoms with Crippen LogP contribution in [0.15, 0.2) is 0 Å². The highest BCUT2D eigenvalue weighted by Crippen LogP contribution is 2.23. The van der Waals surface area contributed by atoms with Crippen LogP contribution in [0.2, 0.25) is 0 Å². The van der Waals surface area contributed by atoms with E-state index in [0.717, 1.165) is 32.6 Å². The third-order valence-corrected chi connectivity index (χ3v) is 4.36. The average Bonchev–Trinajstić information content (AvgIpc) is 2.37. The Morgan fingerprint density at radius 3 is 2.78 bits per heavy atom. The molecule has 1 atom stereocenters. The van der Waals surface area contributed by atoms with E-state index in [-0.39, 0.29) is 5.91 Å². The summed E-state index contributed by atoms with van der Waals surface area (Å²) in [5, 5.41) is 13.3. The van der Waals surface area contributed by atoms with Crippen LogP contribution in [0.3, 0.4) is 0 Å². The fourth-order valence-corrected chi connectivity index (χ4v) is 2.89. The van der Waals surface area contributed by atoms with E-state index in [2.05, 4.69) is 5.32 Å². The van der Waals surface area contributed by atoms with E-state index < -0.39 is 5.60 Å². The molecule has 1 unspecified atom stereocenters. The Bertz CT molecular complexity index is 276. The molecular weight excluding hydrogens is 228 g/mol. The van der Waals surface area contributed by atoms with Crippen LogP contribution in [0.4, 0.5) is 0 Å². The molecule has 104 valence electrons. The van der Waals surface area contributed by atoms with Crippen LogP contribution < -0.4 is 5.32 Å². The van der Waals surface area contributed by atoms with Crippen LogP contribution >= 0.6 is 0 Å². The van der Waals surface area contributed by atoms with Crippen molar-refractivity contribution in [3.05, 3.63) is 0 Å². The van der Waals surface area contributed by atoms with E-state index in [1.54, 1.807) is 0 Å². The van der Waals surface area contributed by atoms with Gasteiger partial charge in [-0.05, 0) is 58.0 Å². The minimum atomic E-state index is -0.565. The zero-order chi connectivity index (χ0) is 13.0. The van der Waals surface area contributed by atoms with Gasteiger partial charge in [-0.2, -0.15) is 0 Å². The molecule has 4 heteroatoms. The van der Waals surface area contributed by atoms with E-state index in [4.69, 9.17) is 0 Å². The molecule has 2 aliphatic heterocycles. The number of piperidine rings is 2. The number of nitrogens with one attached hydrogen (secondary N) is 1. The first kappa shape index (κ1) is 13.8. The first-order valence-corrected chi connectivity index (χ1v) is 7.28. The van der Waals surface area contributed by atoms with Crippen molar-refractivity contribution in [2.24, 2.45) is 5.92 Å². The van der Waals surface area contributed by atoms with Crippen LogP contribution in [-0.2, 0) is 4.79 Å². The zero-order valence-corrected chi connectivity index (χ0v) is 11.5. The van der Waals surface area contributed by atoms with Crippen LogP contribution in [-0.4, -0.2) is 47.7 Å². The summed E-state index contributed by atoms with van der Waals surface area (Å²) in [5.74, 6) is 0.951. The molecule has 0 aromatic carbocycles. The lowest BCUT2D eigenvalue weighted by atomic mass is 9.92. The number of carbonyl (C=O) groups is 1. The number of rotatable bonds is 3. The standard InChI is InChI=1S/C14H26N2O2/c1-14(18)6-9-16(10-7-14)13(17)5-4-12-3-2-8-15-11-12/h12,15,18H,2-11H2,1H3. The summed E-state index contributed by atoms with van der Waals surface area (Å²) in [6.07, 6.45) is 5.61. The second kappa shape index (κ2) is 6.02.